The molecule has 0 amide bonds. The molecule has 0 radical (unpaired) electrons. The van der Waals surface area contributed by atoms with Crippen molar-refractivity contribution in [3.8, 4) is 28.0 Å². The standard InChI is InChI=1S/C38H34F8O3/c1-2-3-4-8-24-21-47-36(48-22-24)9-6-5-7-23-10-15-30(33(41)16-23)38(45,46)49-27-12-14-28(32(40)20-27)25-11-13-29(31(39)17-25)26-18-34(42)37(44)35(43)19-26/h6,9-20,24,36H,2-5,7-8,21-22H2,1H3. The molecule has 1 saturated heterocycles. The zero-order valence-electron chi connectivity index (χ0n) is 26.6. The Balaban J connectivity index is 1.18. The molecule has 0 unspecified atom stereocenters. The van der Waals surface area contributed by atoms with Crippen LogP contribution in [0.5, 0.6) is 5.75 Å². The van der Waals surface area contributed by atoms with Crippen LogP contribution in [0.25, 0.3) is 22.3 Å². The van der Waals surface area contributed by atoms with E-state index >= 15 is 13.2 Å². The number of rotatable bonds is 13. The number of allylic oxidation sites excluding steroid dienone is 1. The number of ether oxygens (including phenoxy) is 3. The molecule has 0 bridgehead atoms. The Hall–Kier alpha value is -4.22. The van der Waals surface area contributed by atoms with Crippen LogP contribution in [0.4, 0.5) is 35.1 Å². The maximum atomic E-state index is 15.0. The van der Waals surface area contributed by atoms with Gasteiger partial charge in [-0.1, -0.05) is 50.5 Å². The number of aryl methyl sites for hydroxylation is 1. The van der Waals surface area contributed by atoms with Gasteiger partial charge in [0.25, 0.3) is 0 Å². The number of hydrogen-bond acceptors (Lipinski definition) is 3. The monoisotopic (exact) mass is 690 g/mol. The molecular weight excluding hydrogens is 656 g/mol. The Bertz CT molecular complexity index is 1760. The fourth-order valence-electron chi connectivity index (χ4n) is 5.55. The van der Waals surface area contributed by atoms with Crippen molar-refractivity contribution in [3.05, 3.63) is 125 Å². The molecule has 1 heterocycles. The maximum absolute atomic E-state index is 15.0. The first kappa shape index (κ1) is 36.1. The molecule has 0 atom stereocenters. The van der Waals surface area contributed by atoms with Gasteiger partial charge >= 0.3 is 6.11 Å². The van der Waals surface area contributed by atoms with Gasteiger partial charge < -0.3 is 14.2 Å². The van der Waals surface area contributed by atoms with Crippen LogP contribution in [0.15, 0.2) is 78.9 Å². The highest BCUT2D eigenvalue weighted by Crippen LogP contribution is 2.36. The van der Waals surface area contributed by atoms with Gasteiger partial charge in [0.05, 0.1) is 18.8 Å². The topological polar surface area (TPSA) is 27.7 Å². The van der Waals surface area contributed by atoms with Crippen LogP contribution in [0.3, 0.4) is 0 Å². The van der Waals surface area contributed by atoms with Crippen LogP contribution < -0.4 is 4.74 Å². The summed E-state index contributed by atoms with van der Waals surface area (Å²) in [6.07, 6.45) is 4.42. The molecule has 260 valence electrons. The largest absolute Gasteiger partial charge is 0.429 e. The summed E-state index contributed by atoms with van der Waals surface area (Å²) < 4.78 is 131. The third-order valence-corrected chi connectivity index (χ3v) is 8.21. The van der Waals surface area contributed by atoms with E-state index in [4.69, 9.17) is 9.47 Å². The molecule has 0 spiro atoms. The van der Waals surface area contributed by atoms with Gasteiger partial charge in [-0.25, -0.2) is 26.3 Å². The lowest BCUT2D eigenvalue weighted by molar-refractivity contribution is -0.187. The van der Waals surface area contributed by atoms with Crippen molar-refractivity contribution >= 4 is 0 Å². The minimum absolute atomic E-state index is 0.0261. The minimum Gasteiger partial charge on any atom is -0.429 e. The molecule has 5 rings (SSSR count). The van der Waals surface area contributed by atoms with Crippen LogP contribution in [0, 0.1) is 40.8 Å². The van der Waals surface area contributed by atoms with Crippen molar-refractivity contribution in [3.63, 3.8) is 0 Å². The van der Waals surface area contributed by atoms with Crippen molar-refractivity contribution in [1.82, 2.24) is 0 Å². The van der Waals surface area contributed by atoms with E-state index in [1.165, 1.54) is 18.6 Å². The fraction of sp³-hybridized carbons (Fsp3) is 0.316. The Morgan fingerprint density at radius 1 is 0.735 bits per heavy atom. The van der Waals surface area contributed by atoms with Crippen LogP contribution in [0.1, 0.15) is 50.2 Å². The van der Waals surface area contributed by atoms with Crippen LogP contribution >= 0.6 is 0 Å². The Morgan fingerprint density at radius 2 is 1.39 bits per heavy atom. The number of alkyl halides is 2. The molecule has 4 aromatic rings. The molecule has 4 aromatic carbocycles. The highest BCUT2D eigenvalue weighted by Gasteiger charge is 2.38. The summed E-state index contributed by atoms with van der Waals surface area (Å²) in [5.41, 5.74) is -1.35. The van der Waals surface area contributed by atoms with E-state index in [2.05, 4.69) is 11.7 Å². The summed E-state index contributed by atoms with van der Waals surface area (Å²) in [5, 5.41) is 0. The minimum atomic E-state index is -4.16. The molecule has 49 heavy (non-hydrogen) atoms. The van der Waals surface area contributed by atoms with Crippen molar-refractivity contribution in [1.29, 1.82) is 0 Å². The predicted octanol–water partition coefficient (Wildman–Crippen LogP) is 11.0. The van der Waals surface area contributed by atoms with E-state index in [-0.39, 0.29) is 22.3 Å². The quantitative estimate of drug-likeness (QED) is 0.0605. The van der Waals surface area contributed by atoms with E-state index in [0.29, 0.717) is 55.7 Å². The maximum Gasteiger partial charge on any atom is 0.429 e. The first-order chi connectivity index (χ1) is 23.4. The number of halogens is 8. The first-order valence-electron chi connectivity index (χ1n) is 15.9. The number of unbranched alkanes of at least 4 members (excludes halogenated alkanes) is 2. The SMILES string of the molecule is CCCCCC1COC(C=CCCc2ccc(C(F)(F)Oc3ccc(-c4ccc(-c5cc(F)c(F)c(F)c5)c(F)c4)c(F)c3)c(F)c2)OC1. The average Bonchev–Trinajstić information content (AvgIpc) is 3.06. The van der Waals surface area contributed by atoms with E-state index in [9.17, 15) is 22.0 Å². The molecular formula is C38H34F8O3. The highest BCUT2D eigenvalue weighted by atomic mass is 19.3. The van der Waals surface area contributed by atoms with E-state index in [1.807, 2.05) is 6.08 Å². The van der Waals surface area contributed by atoms with Crippen molar-refractivity contribution in [2.75, 3.05) is 13.2 Å². The highest BCUT2D eigenvalue weighted by molar-refractivity contribution is 5.72. The Kier molecular flexibility index (Phi) is 11.8. The van der Waals surface area contributed by atoms with Crippen molar-refractivity contribution < 1.29 is 49.3 Å². The molecule has 0 aromatic heterocycles. The van der Waals surface area contributed by atoms with E-state index in [0.717, 1.165) is 55.7 Å². The van der Waals surface area contributed by atoms with Crippen LogP contribution in [-0.2, 0) is 22.0 Å². The first-order valence-corrected chi connectivity index (χ1v) is 15.9. The van der Waals surface area contributed by atoms with Crippen molar-refractivity contribution in [2.45, 2.75) is 57.8 Å². The molecule has 3 nitrogen and oxygen atoms in total. The van der Waals surface area contributed by atoms with E-state index in [1.54, 1.807) is 6.08 Å². The second kappa shape index (κ2) is 16.0. The van der Waals surface area contributed by atoms with Gasteiger partial charge in [-0.3, -0.25) is 0 Å². The number of benzene rings is 4. The summed E-state index contributed by atoms with van der Waals surface area (Å²) >= 11 is 0. The molecule has 1 aliphatic heterocycles. The van der Waals surface area contributed by atoms with Gasteiger partial charge in [0.1, 0.15) is 23.2 Å². The molecule has 0 saturated carbocycles. The molecule has 1 fully saturated rings. The van der Waals surface area contributed by atoms with Gasteiger partial charge in [0.15, 0.2) is 23.7 Å². The molecule has 0 N–H and O–H groups in total. The van der Waals surface area contributed by atoms with E-state index < -0.39 is 58.6 Å². The number of hydrogen-bond donors (Lipinski definition) is 0. The van der Waals surface area contributed by atoms with Gasteiger partial charge in [0.2, 0.25) is 0 Å². The second-order valence-corrected chi connectivity index (χ2v) is 11.9. The normalized spacial score (nSPS) is 16.8. The summed E-state index contributed by atoms with van der Waals surface area (Å²) in [6.45, 7) is 3.41. The lowest BCUT2D eigenvalue weighted by Gasteiger charge is -2.27. The van der Waals surface area contributed by atoms with Crippen molar-refractivity contribution in [2.24, 2.45) is 5.92 Å². The summed E-state index contributed by atoms with van der Waals surface area (Å²) in [5.74, 6) is -8.22. The Labute approximate surface area is 279 Å². The van der Waals surface area contributed by atoms with Gasteiger partial charge in [-0.2, -0.15) is 8.78 Å². The lowest BCUT2D eigenvalue weighted by atomic mass is 9.99. The molecule has 1 aliphatic rings. The smallest absolute Gasteiger partial charge is 0.429 e. The van der Waals surface area contributed by atoms with Gasteiger partial charge in [-0.05, 0) is 84.5 Å². The summed E-state index contributed by atoms with van der Waals surface area (Å²) in [6, 6.07) is 10.4. The second-order valence-electron chi connectivity index (χ2n) is 11.9. The zero-order valence-corrected chi connectivity index (χ0v) is 26.6. The third-order valence-electron chi connectivity index (χ3n) is 8.21. The third kappa shape index (κ3) is 9.07. The average molecular weight is 691 g/mol. The van der Waals surface area contributed by atoms with Gasteiger partial charge in [-0.15, -0.1) is 0 Å². The molecule has 0 aliphatic carbocycles. The molecule has 11 heteroatoms. The van der Waals surface area contributed by atoms with Gasteiger partial charge in [0, 0.05) is 23.1 Å². The fourth-order valence-corrected chi connectivity index (χ4v) is 5.55. The lowest BCUT2D eigenvalue weighted by Crippen LogP contribution is -2.30. The van der Waals surface area contributed by atoms with Crippen LogP contribution in [-0.4, -0.2) is 19.5 Å². The van der Waals surface area contributed by atoms with Crippen LogP contribution in [0.2, 0.25) is 0 Å². The Morgan fingerprint density at radius 3 is 2.04 bits per heavy atom. The predicted molar refractivity (Wildman–Crippen MR) is 169 cm³/mol. The summed E-state index contributed by atoms with van der Waals surface area (Å²) in [7, 11) is 0. The summed E-state index contributed by atoms with van der Waals surface area (Å²) in [4.78, 5) is 0. The zero-order chi connectivity index (χ0) is 35.1.